The van der Waals surface area contributed by atoms with Crippen molar-refractivity contribution in [3.63, 3.8) is 0 Å². The first-order chi connectivity index (χ1) is 10.1. The summed E-state index contributed by atoms with van der Waals surface area (Å²) in [4.78, 5) is 11.0. The van der Waals surface area contributed by atoms with E-state index in [1.54, 1.807) is 0 Å². The highest BCUT2D eigenvalue weighted by Crippen LogP contribution is 2.38. The SMILES string of the molecule is CC(CC(C)(N)C(=O)O)c1cc(C(F)(F)F)cc(C(F)(F)F)c1. The van der Waals surface area contributed by atoms with Gasteiger partial charge in [0.1, 0.15) is 5.54 Å². The topological polar surface area (TPSA) is 63.3 Å². The lowest BCUT2D eigenvalue weighted by Crippen LogP contribution is -2.45. The maximum Gasteiger partial charge on any atom is 0.416 e. The molecule has 0 spiro atoms. The van der Waals surface area contributed by atoms with Gasteiger partial charge in [0.05, 0.1) is 11.1 Å². The summed E-state index contributed by atoms with van der Waals surface area (Å²) in [5.41, 5.74) is 0.574. The van der Waals surface area contributed by atoms with Crippen LogP contribution in [0.15, 0.2) is 18.2 Å². The van der Waals surface area contributed by atoms with E-state index in [9.17, 15) is 31.1 Å². The van der Waals surface area contributed by atoms with Gasteiger partial charge in [0.15, 0.2) is 0 Å². The van der Waals surface area contributed by atoms with E-state index < -0.39 is 40.9 Å². The van der Waals surface area contributed by atoms with Gasteiger partial charge in [-0.05, 0) is 43.0 Å². The van der Waals surface area contributed by atoms with Crippen LogP contribution in [0.4, 0.5) is 26.3 Å². The third-order valence-corrected chi connectivity index (χ3v) is 3.40. The Labute approximate surface area is 128 Å². The Balaban J connectivity index is 3.33. The molecule has 0 aliphatic carbocycles. The molecule has 0 aliphatic rings. The molecule has 0 amide bonds. The van der Waals surface area contributed by atoms with E-state index in [0.717, 1.165) is 6.92 Å². The minimum Gasteiger partial charge on any atom is -0.480 e. The summed E-state index contributed by atoms with van der Waals surface area (Å²) in [6.07, 6.45) is -10.2. The maximum absolute atomic E-state index is 12.8. The largest absolute Gasteiger partial charge is 0.480 e. The zero-order chi connectivity index (χ0) is 18.2. The number of halogens is 6. The number of aliphatic carboxylic acids is 1. The first-order valence-corrected chi connectivity index (χ1v) is 6.46. The zero-order valence-corrected chi connectivity index (χ0v) is 12.2. The van der Waals surface area contributed by atoms with Gasteiger partial charge in [0.2, 0.25) is 0 Å². The van der Waals surface area contributed by atoms with Crippen LogP contribution in [0.3, 0.4) is 0 Å². The van der Waals surface area contributed by atoms with Crippen molar-refractivity contribution < 1.29 is 36.2 Å². The molecule has 9 heteroatoms. The molecule has 0 bridgehead atoms. The van der Waals surface area contributed by atoms with Crippen molar-refractivity contribution in [2.75, 3.05) is 0 Å². The summed E-state index contributed by atoms with van der Waals surface area (Å²) < 4.78 is 76.7. The summed E-state index contributed by atoms with van der Waals surface area (Å²) >= 11 is 0. The molecular weight excluding hydrogens is 328 g/mol. The van der Waals surface area contributed by atoms with Gasteiger partial charge >= 0.3 is 18.3 Å². The number of benzene rings is 1. The van der Waals surface area contributed by atoms with Crippen LogP contribution in [0, 0.1) is 0 Å². The molecule has 130 valence electrons. The molecule has 0 fully saturated rings. The molecule has 1 aromatic rings. The van der Waals surface area contributed by atoms with E-state index in [4.69, 9.17) is 10.8 Å². The minimum absolute atomic E-state index is 0.0229. The van der Waals surface area contributed by atoms with E-state index in [-0.39, 0.29) is 18.1 Å². The molecule has 1 aromatic carbocycles. The van der Waals surface area contributed by atoms with Crippen LogP contribution >= 0.6 is 0 Å². The number of carboxylic acids is 1. The second kappa shape index (κ2) is 6.03. The average molecular weight is 343 g/mol. The van der Waals surface area contributed by atoms with Gasteiger partial charge in [-0.15, -0.1) is 0 Å². The molecule has 23 heavy (non-hydrogen) atoms. The van der Waals surface area contributed by atoms with E-state index in [1.807, 2.05) is 0 Å². The number of hydrogen-bond acceptors (Lipinski definition) is 2. The molecule has 3 nitrogen and oxygen atoms in total. The number of carbonyl (C=O) groups is 1. The van der Waals surface area contributed by atoms with Gasteiger partial charge in [-0.3, -0.25) is 4.79 Å². The van der Waals surface area contributed by atoms with Crippen molar-refractivity contribution in [1.82, 2.24) is 0 Å². The molecule has 3 N–H and O–H groups in total. The van der Waals surface area contributed by atoms with Crippen molar-refractivity contribution in [3.8, 4) is 0 Å². The number of nitrogens with two attached hydrogens (primary N) is 1. The van der Waals surface area contributed by atoms with Crippen LogP contribution in [0.2, 0.25) is 0 Å². The van der Waals surface area contributed by atoms with Crippen molar-refractivity contribution >= 4 is 5.97 Å². The molecule has 0 radical (unpaired) electrons. The van der Waals surface area contributed by atoms with Crippen LogP contribution in [0.1, 0.15) is 42.9 Å². The lowest BCUT2D eigenvalue weighted by Gasteiger charge is -2.25. The summed E-state index contributed by atoms with van der Waals surface area (Å²) in [5.74, 6) is -2.31. The molecule has 0 heterocycles. The quantitative estimate of drug-likeness (QED) is 0.812. The molecule has 0 saturated heterocycles. The molecule has 0 saturated carbocycles. The van der Waals surface area contributed by atoms with Gasteiger partial charge in [-0.25, -0.2) is 0 Å². The van der Waals surface area contributed by atoms with Gasteiger partial charge in [0.25, 0.3) is 0 Å². The number of carboxylic acid groups (broad SMARTS) is 1. The molecule has 2 unspecified atom stereocenters. The monoisotopic (exact) mass is 343 g/mol. The second-order valence-corrected chi connectivity index (χ2v) is 5.67. The Bertz CT molecular complexity index is 560. The summed E-state index contributed by atoms with van der Waals surface area (Å²) in [7, 11) is 0. The normalized spacial score (nSPS) is 16.7. The van der Waals surface area contributed by atoms with Gasteiger partial charge in [-0.1, -0.05) is 6.92 Å². The molecule has 0 aliphatic heterocycles. The number of alkyl halides is 6. The Morgan fingerprint density at radius 1 is 1.09 bits per heavy atom. The fourth-order valence-corrected chi connectivity index (χ4v) is 2.10. The average Bonchev–Trinajstić information content (AvgIpc) is 2.35. The Morgan fingerprint density at radius 2 is 1.48 bits per heavy atom. The highest BCUT2D eigenvalue weighted by Gasteiger charge is 2.38. The standard InChI is InChI=1S/C14H15F6NO2/c1-7(6-12(2,21)11(22)23)8-3-9(13(15,16)17)5-10(4-8)14(18,19)20/h3-5,7H,6,21H2,1-2H3,(H,22,23). The van der Waals surface area contributed by atoms with Crippen LogP contribution < -0.4 is 5.73 Å². The van der Waals surface area contributed by atoms with E-state index in [2.05, 4.69) is 0 Å². The fraction of sp³-hybridized carbons (Fsp3) is 0.500. The van der Waals surface area contributed by atoms with Crippen LogP contribution in [0.5, 0.6) is 0 Å². The molecule has 2 atom stereocenters. The summed E-state index contributed by atoms with van der Waals surface area (Å²) in [6.45, 7) is 2.47. The van der Waals surface area contributed by atoms with Crippen LogP contribution in [-0.4, -0.2) is 16.6 Å². The Hall–Kier alpha value is -1.77. The third-order valence-electron chi connectivity index (χ3n) is 3.40. The van der Waals surface area contributed by atoms with Gasteiger partial charge < -0.3 is 10.8 Å². The van der Waals surface area contributed by atoms with Crippen molar-refractivity contribution in [2.45, 2.75) is 44.1 Å². The highest BCUT2D eigenvalue weighted by atomic mass is 19.4. The first-order valence-electron chi connectivity index (χ1n) is 6.46. The Morgan fingerprint density at radius 3 is 1.78 bits per heavy atom. The van der Waals surface area contributed by atoms with Crippen LogP contribution in [-0.2, 0) is 17.1 Å². The van der Waals surface area contributed by atoms with Crippen molar-refractivity contribution in [1.29, 1.82) is 0 Å². The predicted molar refractivity (Wildman–Crippen MR) is 69.7 cm³/mol. The zero-order valence-electron chi connectivity index (χ0n) is 12.2. The predicted octanol–water partition coefficient (Wildman–Crippen LogP) is 4.02. The van der Waals surface area contributed by atoms with E-state index in [0.29, 0.717) is 12.1 Å². The molecular formula is C14H15F6NO2. The number of hydrogen-bond donors (Lipinski definition) is 2. The smallest absolute Gasteiger partial charge is 0.416 e. The number of rotatable bonds is 4. The first kappa shape index (κ1) is 19.3. The van der Waals surface area contributed by atoms with Crippen molar-refractivity contribution in [2.24, 2.45) is 5.73 Å². The van der Waals surface area contributed by atoms with E-state index >= 15 is 0 Å². The minimum atomic E-state index is -4.95. The second-order valence-electron chi connectivity index (χ2n) is 5.67. The maximum atomic E-state index is 12.8. The summed E-state index contributed by atoms with van der Waals surface area (Å²) in [6, 6.07) is 1.19. The van der Waals surface area contributed by atoms with Crippen molar-refractivity contribution in [3.05, 3.63) is 34.9 Å². The lowest BCUT2D eigenvalue weighted by atomic mass is 9.85. The lowest BCUT2D eigenvalue weighted by molar-refractivity contribution is -0.144. The fourth-order valence-electron chi connectivity index (χ4n) is 2.10. The third kappa shape index (κ3) is 4.85. The van der Waals surface area contributed by atoms with E-state index in [1.165, 1.54) is 6.92 Å². The molecule has 0 aromatic heterocycles. The van der Waals surface area contributed by atoms with Crippen LogP contribution in [0.25, 0.3) is 0 Å². The summed E-state index contributed by atoms with van der Waals surface area (Å²) in [5, 5.41) is 8.92. The Kier molecular flexibility index (Phi) is 5.05. The van der Waals surface area contributed by atoms with Gasteiger partial charge in [-0.2, -0.15) is 26.3 Å². The highest BCUT2D eigenvalue weighted by molar-refractivity contribution is 5.77. The molecule has 1 rings (SSSR count). The van der Waals surface area contributed by atoms with Gasteiger partial charge in [0, 0.05) is 0 Å².